The highest BCUT2D eigenvalue weighted by Gasteiger charge is 2.09. The molecule has 0 fully saturated rings. The van der Waals surface area contributed by atoms with Gasteiger partial charge in [0.25, 0.3) is 6.43 Å². The summed E-state index contributed by atoms with van der Waals surface area (Å²) in [6.07, 6.45) is 0.174. The standard InChI is InChI=1S/C14H14BrF2N3/c1-2-7-18-14-11(15)8-19-13(20-14)10-5-3-9(4-6-10)12(16)17/h3-6,8,12H,2,7H2,1H3,(H,18,19,20). The van der Waals surface area contributed by atoms with E-state index in [0.717, 1.165) is 17.4 Å². The van der Waals surface area contributed by atoms with Gasteiger partial charge >= 0.3 is 0 Å². The summed E-state index contributed by atoms with van der Waals surface area (Å²) in [4.78, 5) is 8.60. The molecule has 0 bridgehead atoms. The summed E-state index contributed by atoms with van der Waals surface area (Å²) in [5, 5.41) is 3.18. The highest BCUT2D eigenvalue weighted by Crippen LogP contribution is 2.25. The minimum Gasteiger partial charge on any atom is -0.369 e. The van der Waals surface area contributed by atoms with Crippen molar-refractivity contribution >= 4 is 21.7 Å². The Morgan fingerprint density at radius 1 is 1.25 bits per heavy atom. The van der Waals surface area contributed by atoms with Gasteiger partial charge < -0.3 is 5.32 Å². The zero-order valence-corrected chi connectivity index (χ0v) is 12.5. The van der Waals surface area contributed by atoms with Gasteiger partial charge in [0, 0.05) is 23.9 Å². The fourth-order valence-electron chi connectivity index (χ4n) is 1.65. The predicted molar refractivity (Wildman–Crippen MR) is 78.9 cm³/mol. The van der Waals surface area contributed by atoms with Crippen LogP contribution >= 0.6 is 15.9 Å². The SMILES string of the molecule is CCCNc1nc(-c2ccc(C(F)F)cc2)ncc1Br. The number of nitrogens with one attached hydrogen (secondary N) is 1. The van der Waals surface area contributed by atoms with Gasteiger partial charge in [-0.2, -0.15) is 0 Å². The van der Waals surface area contributed by atoms with Crippen LogP contribution in [-0.2, 0) is 0 Å². The van der Waals surface area contributed by atoms with Gasteiger partial charge in [0.05, 0.1) is 4.47 Å². The number of benzene rings is 1. The molecule has 1 N–H and O–H groups in total. The molecule has 0 aliphatic heterocycles. The van der Waals surface area contributed by atoms with E-state index in [9.17, 15) is 8.78 Å². The first-order valence-electron chi connectivity index (χ1n) is 6.26. The first-order chi connectivity index (χ1) is 9.61. The van der Waals surface area contributed by atoms with Crippen molar-refractivity contribution in [3.63, 3.8) is 0 Å². The molecule has 20 heavy (non-hydrogen) atoms. The molecule has 0 aliphatic carbocycles. The fraction of sp³-hybridized carbons (Fsp3) is 0.286. The van der Waals surface area contributed by atoms with E-state index in [0.29, 0.717) is 17.2 Å². The summed E-state index contributed by atoms with van der Waals surface area (Å²) < 4.78 is 25.8. The van der Waals surface area contributed by atoms with Crippen molar-refractivity contribution in [2.75, 3.05) is 11.9 Å². The van der Waals surface area contributed by atoms with Crippen LogP contribution in [0.15, 0.2) is 34.9 Å². The van der Waals surface area contributed by atoms with Crippen molar-refractivity contribution in [2.24, 2.45) is 0 Å². The molecular weight excluding hydrogens is 328 g/mol. The van der Waals surface area contributed by atoms with Gasteiger partial charge in [-0.3, -0.25) is 0 Å². The number of hydrogen-bond donors (Lipinski definition) is 1. The smallest absolute Gasteiger partial charge is 0.263 e. The van der Waals surface area contributed by atoms with Crippen LogP contribution in [0.1, 0.15) is 25.3 Å². The van der Waals surface area contributed by atoms with Crippen molar-refractivity contribution in [2.45, 2.75) is 19.8 Å². The quantitative estimate of drug-likeness (QED) is 0.858. The van der Waals surface area contributed by atoms with Crippen LogP contribution in [0, 0.1) is 0 Å². The van der Waals surface area contributed by atoms with Crippen molar-refractivity contribution in [1.82, 2.24) is 9.97 Å². The highest BCUT2D eigenvalue weighted by molar-refractivity contribution is 9.10. The Morgan fingerprint density at radius 2 is 1.95 bits per heavy atom. The molecule has 1 heterocycles. The predicted octanol–water partition coefficient (Wildman–Crippen LogP) is 4.67. The minimum atomic E-state index is -2.46. The number of anilines is 1. The molecule has 0 saturated carbocycles. The molecule has 1 aromatic carbocycles. The van der Waals surface area contributed by atoms with E-state index in [1.54, 1.807) is 18.3 Å². The molecule has 3 nitrogen and oxygen atoms in total. The molecule has 0 radical (unpaired) electrons. The third-order valence-corrected chi connectivity index (χ3v) is 3.29. The third kappa shape index (κ3) is 3.50. The summed E-state index contributed by atoms with van der Waals surface area (Å²) >= 11 is 3.38. The Balaban J connectivity index is 2.27. The molecule has 0 aliphatic rings. The summed E-state index contributed by atoms with van der Waals surface area (Å²) in [5.74, 6) is 1.21. The van der Waals surface area contributed by atoms with Gasteiger partial charge in [0.2, 0.25) is 0 Å². The largest absolute Gasteiger partial charge is 0.369 e. The van der Waals surface area contributed by atoms with Crippen molar-refractivity contribution in [1.29, 1.82) is 0 Å². The molecule has 0 saturated heterocycles. The number of nitrogens with zero attached hydrogens (tertiary/aromatic N) is 2. The Bertz CT molecular complexity index is 573. The molecule has 0 unspecified atom stereocenters. The number of halogens is 3. The van der Waals surface area contributed by atoms with Crippen LogP contribution < -0.4 is 5.32 Å². The fourth-order valence-corrected chi connectivity index (χ4v) is 1.98. The number of hydrogen-bond acceptors (Lipinski definition) is 3. The summed E-state index contributed by atoms with van der Waals surface area (Å²) in [6, 6.07) is 6.00. The third-order valence-electron chi connectivity index (χ3n) is 2.71. The zero-order chi connectivity index (χ0) is 14.5. The van der Waals surface area contributed by atoms with Crippen LogP contribution in [0.25, 0.3) is 11.4 Å². The number of aromatic nitrogens is 2. The lowest BCUT2D eigenvalue weighted by molar-refractivity contribution is 0.151. The molecule has 106 valence electrons. The highest BCUT2D eigenvalue weighted by atomic mass is 79.9. The van der Waals surface area contributed by atoms with Gasteiger partial charge in [0.15, 0.2) is 5.82 Å². The zero-order valence-electron chi connectivity index (χ0n) is 10.9. The first-order valence-corrected chi connectivity index (χ1v) is 7.06. The lowest BCUT2D eigenvalue weighted by atomic mass is 10.1. The monoisotopic (exact) mass is 341 g/mol. The van der Waals surface area contributed by atoms with E-state index in [2.05, 4.69) is 38.1 Å². The van der Waals surface area contributed by atoms with Gasteiger partial charge in [-0.1, -0.05) is 31.2 Å². The molecule has 2 rings (SSSR count). The van der Waals surface area contributed by atoms with E-state index in [4.69, 9.17) is 0 Å². The minimum absolute atomic E-state index is 0.00445. The van der Waals surface area contributed by atoms with E-state index in [1.807, 2.05) is 0 Å². The van der Waals surface area contributed by atoms with Crippen molar-refractivity contribution in [3.8, 4) is 11.4 Å². The summed E-state index contributed by atoms with van der Waals surface area (Å²) in [5.41, 5.74) is 0.705. The van der Waals surface area contributed by atoms with Crippen LogP contribution in [0.5, 0.6) is 0 Å². The Labute approximate surface area is 124 Å². The lowest BCUT2D eigenvalue weighted by Gasteiger charge is -2.08. The van der Waals surface area contributed by atoms with E-state index >= 15 is 0 Å². The molecular formula is C14H14BrF2N3. The number of alkyl halides is 2. The maximum absolute atomic E-state index is 12.5. The lowest BCUT2D eigenvalue weighted by Crippen LogP contribution is -2.04. The second kappa shape index (κ2) is 6.74. The van der Waals surface area contributed by atoms with Gasteiger partial charge in [-0.25, -0.2) is 18.7 Å². The van der Waals surface area contributed by atoms with Crippen molar-refractivity contribution in [3.05, 3.63) is 40.5 Å². The second-order valence-corrected chi connectivity index (χ2v) is 5.09. The average Bonchev–Trinajstić information content (AvgIpc) is 2.46. The van der Waals surface area contributed by atoms with Gasteiger partial charge in [-0.05, 0) is 22.4 Å². The normalized spacial score (nSPS) is 10.8. The summed E-state index contributed by atoms with van der Waals surface area (Å²) in [6.45, 7) is 2.87. The molecule has 1 aromatic heterocycles. The Hall–Kier alpha value is -1.56. The molecule has 2 aromatic rings. The Morgan fingerprint density at radius 3 is 2.55 bits per heavy atom. The van der Waals surface area contributed by atoms with Crippen molar-refractivity contribution < 1.29 is 8.78 Å². The van der Waals surface area contributed by atoms with Crippen LogP contribution in [0.3, 0.4) is 0 Å². The van der Waals surface area contributed by atoms with Gasteiger partial charge in [0.1, 0.15) is 5.82 Å². The van der Waals surface area contributed by atoms with Gasteiger partial charge in [-0.15, -0.1) is 0 Å². The maximum Gasteiger partial charge on any atom is 0.263 e. The maximum atomic E-state index is 12.5. The van der Waals surface area contributed by atoms with Crippen LogP contribution in [0.4, 0.5) is 14.6 Å². The Kier molecular flexibility index (Phi) is 5.00. The summed E-state index contributed by atoms with van der Waals surface area (Å²) in [7, 11) is 0. The topological polar surface area (TPSA) is 37.8 Å². The second-order valence-electron chi connectivity index (χ2n) is 4.24. The van der Waals surface area contributed by atoms with E-state index in [1.165, 1.54) is 12.1 Å². The first kappa shape index (κ1) is 14.8. The number of rotatable bonds is 5. The molecule has 6 heteroatoms. The van der Waals surface area contributed by atoms with Crippen LogP contribution in [0.2, 0.25) is 0 Å². The molecule has 0 amide bonds. The van der Waals surface area contributed by atoms with Crippen LogP contribution in [-0.4, -0.2) is 16.5 Å². The van der Waals surface area contributed by atoms with E-state index in [-0.39, 0.29) is 5.56 Å². The van der Waals surface area contributed by atoms with E-state index < -0.39 is 6.43 Å². The average molecular weight is 342 g/mol. The molecule has 0 atom stereocenters. The molecule has 0 spiro atoms.